The van der Waals surface area contributed by atoms with Crippen LogP contribution in [0.15, 0.2) is 144 Å². The Morgan fingerprint density at radius 1 is 0.672 bits per heavy atom. The van der Waals surface area contributed by atoms with Gasteiger partial charge in [0.1, 0.15) is 22.2 Å². The molecule has 6 rings (SSSR count). The van der Waals surface area contributed by atoms with Gasteiger partial charge >= 0.3 is 5.97 Å². The summed E-state index contributed by atoms with van der Waals surface area (Å²) in [6.45, 7) is 1.69. The number of carboxylic acid groups (broad SMARTS) is 1. The Bertz CT molecular complexity index is 2650. The quantitative estimate of drug-likeness (QED) is 0.0151. The first kappa shape index (κ1) is 48.8. The van der Waals surface area contributed by atoms with Gasteiger partial charge in [-0.05, 0) is 79.6 Å². The topological polar surface area (TPSA) is 228 Å². The van der Waals surface area contributed by atoms with E-state index in [9.17, 15) is 32.5 Å². The van der Waals surface area contributed by atoms with Gasteiger partial charge in [0.05, 0.1) is 37.3 Å². The van der Waals surface area contributed by atoms with Crippen LogP contribution in [0.25, 0.3) is 22.4 Å². The molecule has 0 atom stereocenters. The molecular formula is C50H52N6O10S. The second kappa shape index (κ2) is 25.2. The number of hydrogen-bond acceptors (Lipinski definition) is 12. The number of aromatic nitrogens is 2. The molecule has 0 saturated heterocycles. The Kier molecular flexibility index (Phi) is 18.3. The molecular weight excluding hydrogens is 877 g/mol. The van der Waals surface area contributed by atoms with Crippen molar-refractivity contribution in [3.8, 4) is 39.8 Å². The van der Waals surface area contributed by atoms with Crippen molar-refractivity contribution in [2.24, 2.45) is 5.10 Å². The van der Waals surface area contributed by atoms with Gasteiger partial charge in [0.15, 0.2) is 0 Å². The number of unbranched alkanes of at least 4 members (excludes halogenated alkanes) is 1. The minimum Gasteiger partial charge on any atom is -0.493 e. The molecule has 16 nitrogen and oxygen atoms in total. The average Bonchev–Trinajstić information content (AvgIpc) is 3.34. The van der Waals surface area contributed by atoms with E-state index in [4.69, 9.17) is 19.2 Å². The highest BCUT2D eigenvalue weighted by molar-refractivity contribution is 7.86. The van der Waals surface area contributed by atoms with Gasteiger partial charge in [-0.1, -0.05) is 84.9 Å². The summed E-state index contributed by atoms with van der Waals surface area (Å²) in [6.07, 6.45) is 5.18. The molecule has 17 heteroatoms. The highest BCUT2D eigenvalue weighted by atomic mass is 32.2. The molecule has 0 radical (unpaired) electrons. The van der Waals surface area contributed by atoms with Crippen molar-refractivity contribution in [3.05, 3.63) is 150 Å². The van der Waals surface area contributed by atoms with Gasteiger partial charge in [-0.3, -0.25) is 24.4 Å². The van der Waals surface area contributed by atoms with E-state index in [2.05, 4.69) is 44.3 Å². The fourth-order valence-corrected chi connectivity index (χ4v) is 7.37. The van der Waals surface area contributed by atoms with Gasteiger partial charge in [0.2, 0.25) is 11.8 Å². The van der Waals surface area contributed by atoms with E-state index in [1.165, 1.54) is 36.7 Å². The number of aliphatic carboxylic acids is 1. The lowest BCUT2D eigenvalue weighted by molar-refractivity contribution is -0.137. The van der Waals surface area contributed by atoms with Gasteiger partial charge in [-0.2, -0.15) is 13.5 Å². The number of nitrogens with zero attached hydrogens (tertiary/aromatic N) is 3. The number of rotatable bonds is 26. The Balaban J connectivity index is 0.879. The van der Waals surface area contributed by atoms with Crippen molar-refractivity contribution in [3.63, 3.8) is 0 Å². The maximum atomic E-state index is 12.6. The van der Waals surface area contributed by atoms with E-state index < -0.39 is 16.1 Å². The second-order valence-electron chi connectivity index (χ2n) is 15.1. The lowest BCUT2D eigenvalue weighted by Crippen LogP contribution is -2.30. The van der Waals surface area contributed by atoms with Gasteiger partial charge in [-0.25, -0.2) is 9.97 Å². The maximum absolute atomic E-state index is 12.6. The zero-order valence-corrected chi connectivity index (χ0v) is 37.5. The third kappa shape index (κ3) is 15.8. The number of hydrazone groups is 1. The van der Waals surface area contributed by atoms with Crippen LogP contribution < -0.4 is 30.3 Å². The summed E-state index contributed by atoms with van der Waals surface area (Å²) in [5, 5.41) is 19.0. The standard InChI is InChI=1S/C50H52N6O10S/c57-47(51-27-13-28-52-50(60)39-23-25-46(53-34-39)56-54-35-38-18-7-8-21-45(38)67(61,62)63)22-12-31-65-44-20-11-19-43(41(44)24-26-49(58)59)64-29-9-10-30-66-48-33-40(36-14-3-1-4-15-36)32-42(55-48)37-16-5-2-6-17-37/h1-8,11,14-21,23,25,32-35H,9-10,12-13,22,24,26-31H2,(H,51,57)(H,52,60)(H,53,56)(H,58,59)(H,61,62,63)/b54-35+. The molecule has 2 aromatic heterocycles. The molecule has 2 heterocycles. The molecule has 348 valence electrons. The number of pyridine rings is 2. The first-order valence-corrected chi connectivity index (χ1v) is 23.2. The monoisotopic (exact) mass is 928 g/mol. The Labute approximate surface area is 389 Å². The lowest BCUT2D eigenvalue weighted by Gasteiger charge is -2.16. The summed E-state index contributed by atoms with van der Waals surface area (Å²) in [7, 11) is -4.42. The van der Waals surface area contributed by atoms with Gasteiger partial charge < -0.3 is 30.0 Å². The van der Waals surface area contributed by atoms with Gasteiger partial charge in [-0.15, -0.1) is 0 Å². The number of anilines is 1. The summed E-state index contributed by atoms with van der Waals surface area (Å²) in [5.41, 5.74) is 7.67. The molecule has 0 aliphatic heterocycles. The Morgan fingerprint density at radius 2 is 1.33 bits per heavy atom. The van der Waals surface area contributed by atoms with Crippen LogP contribution >= 0.6 is 0 Å². The summed E-state index contributed by atoms with van der Waals surface area (Å²) in [4.78, 5) is 45.3. The summed E-state index contributed by atoms with van der Waals surface area (Å²) < 4.78 is 50.8. The Morgan fingerprint density at radius 3 is 2.01 bits per heavy atom. The van der Waals surface area contributed by atoms with Crippen molar-refractivity contribution in [2.45, 2.75) is 49.8 Å². The number of carbonyl (C=O) groups excluding carboxylic acids is 2. The normalized spacial score (nSPS) is 11.2. The number of hydrogen-bond donors (Lipinski definition) is 5. The number of benzene rings is 4. The SMILES string of the molecule is O=C(O)CCc1c(OCCCCOc2cc(-c3ccccc3)cc(-c3ccccc3)n2)cccc1OCCCC(=O)NCCCNC(=O)c1ccc(N/N=C/c2ccccc2S(=O)(=O)O)nc1. The first-order chi connectivity index (χ1) is 32.5. The molecule has 0 aliphatic rings. The molecule has 4 aromatic carbocycles. The molecule has 67 heavy (non-hydrogen) atoms. The molecule has 0 spiro atoms. The van der Waals surface area contributed by atoms with Gasteiger partial charge in [0.25, 0.3) is 16.0 Å². The zero-order chi connectivity index (χ0) is 47.3. The fourth-order valence-electron chi connectivity index (χ4n) is 6.70. The molecule has 6 aromatic rings. The molecule has 0 aliphatic carbocycles. The van der Waals surface area contributed by atoms with Crippen molar-refractivity contribution in [2.75, 3.05) is 38.3 Å². The smallest absolute Gasteiger partial charge is 0.303 e. The predicted molar refractivity (Wildman–Crippen MR) is 254 cm³/mol. The fraction of sp³-hybridized carbons (Fsp3) is 0.240. The zero-order valence-electron chi connectivity index (χ0n) is 36.7. The van der Waals surface area contributed by atoms with Crippen LogP contribution in [-0.2, 0) is 26.1 Å². The largest absolute Gasteiger partial charge is 0.493 e. The third-order valence-corrected chi connectivity index (χ3v) is 11.0. The van der Waals surface area contributed by atoms with E-state index in [1.807, 2.05) is 54.6 Å². The van der Waals surface area contributed by atoms with Gasteiger partial charge in [0, 0.05) is 54.9 Å². The molecule has 0 unspecified atom stereocenters. The second-order valence-corrected chi connectivity index (χ2v) is 16.5. The predicted octanol–water partition coefficient (Wildman–Crippen LogP) is 7.85. The van der Waals surface area contributed by atoms with Crippen LogP contribution in [-0.4, -0.2) is 85.0 Å². The van der Waals surface area contributed by atoms with E-state index in [1.54, 1.807) is 30.3 Å². The molecule has 2 amide bonds. The molecule has 0 bridgehead atoms. The van der Waals surface area contributed by atoms with E-state index in [-0.39, 0.29) is 48.1 Å². The van der Waals surface area contributed by atoms with Crippen LogP contribution in [0.5, 0.6) is 17.4 Å². The number of ether oxygens (including phenoxy) is 3. The highest BCUT2D eigenvalue weighted by Crippen LogP contribution is 2.31. The average molecular weight is 929 g/mol. The van der Waals surface area contributed by atoms with Crippen molar-refractivity contribution >= 4 is 39.9 Å². The van der Waals surface area contributed by atoms with Crippen LogP contribution in [0.2, 0.25) is 0 Å². The first-order valence-electron chi connectivity index (χ1n) is 21.7. The van der Waals surface area contributed by atoms with Crippen molar-refractivity contribution in [1.82, 2.24) is 20.6 Å². The number of nitrogens with one attached hydrogen (secondary N) is 3. The summed E-state index contributed by atoms with van der Waals surface area (Å²) >= 11 is 0. The third-order valence-electron chi connectivity index (χ3n) is 10.1. The lowest BCUT2D eigenvalue weighted by atomic mass is 10.0. The van der Waals surface area contributed by atoms with E-state index >= 15 is 0 Å². The Hall–Kier alpha value is -7.63. The van der Waals surface area contributed by atoms with Crippen LogP contribution in [0.4, 0.5) is 5.82 Å². The van der Waals surface area contributed by atoms with Crippen LogP contribution in [0.1, 0.15) is 60.0 Å². The van der Waals surface area contributed by atoms with Crippen molar-refractivity contribution in [1.29, 1.82) is 0 Å². The minimum atomic E-state index is -4.42. The summed E-state index contributed by atoms with van der Waals surface area (Å²) in [6, 6.07) is 38.3. The van der Waals surface area contributed by atoms with Crippen LogP contribution in [0, 0.1) is 0 Å². The van der Waals surface area contributed by atoms with E-state index in [0.717, 1.165) is 22.4 Å². The number of carbonyl (C=O) groups is 3. The van der Waals surface area contributed by atoms with Crippen molar-refractivity contribution < 1.29 is 46.7 Å². The number of amides is 2. The van der Waals surface area contributed by atoms with Crippen LogP contribution in [0.3, 0.4) is 0 Å². The highest BCUT2D eigenvalue weighted by Gasteiger charge is 2.15. The number of carboxylic acids is 1. The molecule has 0 fully saturated rings. The minimum absolute atomic E-state index is 0.106. The maximum Gasteiger partial charge on any atom is 0.303 e. The summed E-state index contributed by atoms with van der Waals surface area (Å²) in [5.74, 6) is 0.420. The molecule has 5 N–H and O–H groups in total. The van der Waals surface area contributed by atoms with E-state index in [0.29, 0.717) is 86.3 Å². The molecule has 0 saturated carbocycles.